The summed E-state index contributed by atoms with van der Waals surface area (Å²) < 4.78 is 10.2. The van der Waals surface area contributed by atoms with E-state index in [-0.39, 0.29) is 17.1 Å². The monoisotopic (exact) mass is 403 g/mol. The third-order valence-corrected chi connectivity index (χ3v) is 4.83. The minimum Gasteiger partial charge on any atom is -0.434 e. The van der Waals surface area contributed by atoms with E-state index in [0.717, 1.165) is 44.9 Å². The minimum atomic E-state index is -0.843. The number of carbonyl (C=O) groups excluding carboxylic acids is 3. The van der Waals surface area contributed by atoms with Crippen LogP contribution in [0.15, 0.2) is 18.2 Å². The predicted octanol–water partition coefficient (Wildman–Crippen LogP) is 6.56. The zero-order chi connectivity index (χ0) is 21.3. The lowest BCUT2D eigenvalue weighted by molar-refractivity contribution is 0.0971. The van der Waals surface area contributed by atoms with E-state index in [2.05, 4.69) is 13.8 Å². The molecule has 0 aliphatic heterocycles. The Balaban J connectivity index is 2.43. The molecule has 0 aliphatic rings. The Morgan fingerprint density at radius 3 is 2.14 bits per heavy atom. The maximum absolute atomic E-state index is 12.3. The third kappa shape index (κ3) is 10.8. The number of ketones is 1. The Kier molecular flexibility index (Phi) is 13.5. The van der Waals surface area contributed by atoms with Crippen molar-refractivity contribution in [3.8, 4) is 5.75 Å². The van der Waals surface area contributed by atoms with Gasteiger partial charge in [0.1, 0.15) is 5.75 Å². The summed E-state index contributed by atoms with van der Waals surface area (Å²) in [5.74, 6) is 0.0441. The molecular formula is C24H35O5. The van der Waals surface area contributed by atoms with Gasteiger partial charge in [0.25, 0.3) is 0 Å². The lowest BCUT2D eigenvalue weighted by Crippen LogP contribution is -2.13. The molecule has 1 aromatic carbocycles. The van der Waals surface area contributed by atoms with Crippen LogP contribution in [0.3, 0.4) is 0 Å². The standard InChI is InChI=1S/C24H35O5/c1-3-5-7-9-11-13-17-28-24(27)29-23-16-15-20(18-21(23)19-25)22(26)14-12-10-8-6-4-2/h15-16,18H,3-14,17H2,1-2H3. The summed E-state index contributed by atoms with van der Waals surface area (Å²) in [6, 6.07) is 4.46. The van der Waals surface area contributed by atoms with Gasteiger partial charge in [-0.3, -0.25) is 9.59 Å². The Morgan fingerprint density at radius 1 is 0.862 bits per heavy atom. The molecule has 0 aliphatic carbocycles. The Hall–Kier alpha value is -2.17. The van der Waals surface area contributed by atoms with Crippen molar-refractivity contribution < 1.29 is 23.9 Å². The average Bonchev–Trinajstić information content (AvgIpc) is 2.73. The van der Waals surface area contributed by atoms with E-state index in [1.54, 1.807) is 12.4 Å². The molecule has 0 aromatic heterocycles. The van der Waals surface area contributed by atoms with Crippen molar-refractivity contribution in [2.75, 3.05) is 6.61 Å². The van der Waals surface area contributed by atoms with Gasteiger partial charge in [-0.1, -0.05) is 71.6 Å². The van der Waals surface area contributed by atoms with Crippen LogP contribution >= 0.6 is 0 Å². The SMILES string of the molecule is CCCCCCCCOC(=O)Oc1ccc(C(=O)CCCCCCC)cc1[C]=O. The topological polar surface area (TPSA) is 69.7 Å². The van der Waals surface area contributed by atoms with Crippen LogP contribution in [-0.2, 0) is 9.53 Å². The number of unbranched alkanes of at least 4 members (excludes halogenated alkanes) is 9. The summed E-state index contributed by atoms with van der Waals surface area (Å²) in [7, 11) is 0. The molecule has 0 amide bonds. The lowest BCUT2D eigenvalue weighted by Gasteiger charge is -2.09. The molecule has 0 saturated carbocycles. The minimum absolute atomic E-state index is 0.0183. The summed E-state index contributed by atoms with van der Waals surface area (Å²) in [4.78, 5) is 35.3. The zero-order valence-corrected chi connectivity index (χ0v) is 18.0. The summed E-state index contributed by atoms with van der Waals surface area (Å²) in [5.41, 5.74) is 0.491. The van der Waals surface area contributed by atoms with Gasteiger partial charge in [-0.15, -0.1) is 0 Å². The molecule has 1 rings (SSSR count). The molecule has 0 spiro atoms. The van der Waals surface area contributed by atoms with Gasteiger partial charge in [0, 0.05) is 12.0 Å². The highest BCUT2D eigenvalue weighted by molar-refractivity contribution is 5.98. The van der Waals surface area contributed by atoms with Crippen LogP contribution < -0.4 is 4.74 Å². The Bertz CT molecular complexity index is 624. The molecule has 0 bridgehead atoms. The molecule has 1 aromatic rings. The predicted molar refractivity (Wildman–Crippen MR) is 114 cm³/mol. The second kappa shape index (κ2) is 15.7. The normalized spacial score (nSPS) is 10.6. The summed E-state index contributed by atoms with van der Waals surface area (Å²) >= 11 is 0. The van der Waals surface area contributed by atoms with Gasteiger partial charge in [-0.25, -0.2) is 4.79 Å². The molecule has 29 heavy (non-hydrogen) atoms. The first-order valence-electron chi connectivity index (χ1n) is 11.0. The number of benzene rings is 1. The van der Waals surface area contributed by atoms with Gasteiger partial charge >= 0.3 is 6.16 Å². The van der Waals surface area contributed by atoms with Gasteiger partial charge in [0.05, 0.1) is 12.2 Å². The van der Waals surface area contributed by atoms with E-state index in [1.165, 1.54) is 37.8 Å². The largest absolute Gasteiger partial charge is 0.513 e. The second-order valence-corrected chi connectivity index (χ2v) is 7.37. The van der Waals surface area contributed by atoms with E-state index in [0.29, 0.717) is 18.6 Å². The molecule has 0 heterocycles. The Morgan fingerprint density at radius 2 is 1.48 bits per heavy atom. The molecule has 0 unspecified atom stereocenters. The van der Waals surface area contributed by atoms with E-state index in [9.17, 15) is 14.4 Å². The molecule has 0 fully saturated rings. The maximum Gasteiger partial charge on any atom is 0.513 e. The van der Waals surface area contributed by atoms with Crippen molar-refractivity contribution in [1.29, 1.82) is 0 Å². The smallest absolute Gasteiger partial charge is 0.434 e. The summed E-state index contributed by atoms with van der Waals surface area (Å²) in [5, 5.41) is 0. The van der Waals surface area contributed by atoms with E-state index >= 15 is 0 Å². The number of ether oxygens (including phenoxy) is 2. The summed E-state index contributed by atoms with van der Waals surface area (Å²) in [6.45, 7) is 4.61. The zero-order valence-electron chi connectivity index (χ0n) is 18.0. The molecule has 0 saturated heterocycles. The van der Waals surface area contributed by atoms with Crippen LogP contribution in [0.4, 0.5) is 4.79 Å². The second-order valence-electron chi connectivity index (χ2n) is 7.37. The fourth-order valence-electron chi connectivity index (χ4n) is 3.06. The van der Waals surface area contributed by atoms with E-state index < -0.39 is 6.16 Å². The van der Waals surface area contributed by atoms with Crippen LogP contribution in [0.5, 0.6) is 5.75 Å². The highest BCUT2D eigenvalue weighted by Crippen LogP contribution is 2.21. The molecular weight excluding hydrogens is 368 g/mol. The van der Waals surface area contributed by atoms with Crippen molar-refractivity contribution in [2.24, 2.45) is 0 Å². The maximum atomic E-state index is 12.3. The van der Waals surface area contributed by atoms with Gasteiger partial charge in [-0.2, -0.15) is 0 Å². The number of Topliss-reactive ketones (excluding diaryl/α,β-unsaturated/α-hetero) is 1. The van der Waals surface area contributed by atoms with E-state index in [1.807, 2.05) is 0 Å². The fourth-order valence-corrected chi connectivity index (χ4v) is 3.06. The first-order valence-corrected chi connectivity index (χ1v) is 11.0. The van der Waals surface area contributed by atoms with Gasteiger partial charge in [0.15, 0.2) is 5.78 Å². The molecule has 5 nitrogen and oxygen atoms in total. The van der Waals surface area contributed by atoms with E-state index in [4.69, 9.17) is 9.47 Å². The van der Waals surface area contributed by atoms with Gasteiger partial charge < -0.3 is 9.47 Å². The molecule has 0 atom stereocenters. The van der Waals surface area contributed by atoms with Crippen LogP contribution in [0, 0.1) is 0 Å². The quantitative estimate of drug-likeness (QED) is 0.135. The van der Waals surface area contributed by atoms with Crippen LogP contribution in [0.2, 0.25) is 0 Å². The van der Waals surface area contributed by atoms with Crippen molar-refractivity contribution >= 4 is 18.2 Å². The van der Waals surface area contributed by atoms with Crippen molar-refractivity contribution in [3.05, 3.63) is 29.3 Å². The van der Waals surface area contributed by atoms with Crippen LogP contribution in [-0.4, -0.2) is 24.8 Å². The number of rotatable bonds is 16. The Labute approximate surface area is 175 Å². The molecule has 161 valence electrons. The van der Waals surface area contributed by atoms with Gasteiger partial charge in [0.2, 0.25) is 6.29 Å². The fraction of sp³-hybridized carbons (Fsp3) is 0.625. The highest BCUT2D eigenvalue weighted by Gasteiger charge is 2.14. The molecule has 0 N–H and O–H groups in total. The van der Waals surface area contributed by atoms with Crippen molar-refractivity contribution in [3.63, 3.8) is 0 Å². The highest BCUT2D eigenvalue weighted by atomic mass is 16.7. The first kappa shape index (κ1) is 24.9. The van der Waals surface area contributed by atoms with Crippen molar-refractivity contribution in [1.82, 2.24) is 0 Å². The lowest BCUT2D eigenvalue weighted by atomic mass is 10.0. The molecule has 1 radical (unpaired) electrons. The van der Waals surface area contributed by atoms with Crippen LogP contribution in [0.25, 0.3) is 0 Å². The van der Waals surface area contributed by atoms with Crippen LogP contribution in [0.1, 0.15) is 107 Å². The summed E-state index contributed by atoms with van der Waals surface area (Å²) in [6.07, 6.45) is 13.2. The van der Waals surface area contributed by atoms with Gasteiger partial charge in [-0.05, 0) is 31.0 Å². The number of carbonyl (C=O) groups is 2. The van der Waals surface area contributed by atoms with Crippen molar-refractivity contribution in [2.45, 2.75) is 90.9 Å². The number of hydrogen-bond donors (Lipinski definition) is 0. The third-order valence-electron chi connectivity index (χ3n) is 4.83. The average molecular weight is 404 g/mol. The molecule has 5 heteroatoms. The number of hydrogen-bond acceptors (Lipinski definition) is 5. The first-order chi connectivity index (χ1) is 14.1.